The molecule has 1 aliphatic carbocycles. The maximum Gasteiger partial charge on any atom is 0.0737 e. The number of halogens is 1. The molecule has 0 spiro atoms. The van der Waals surface area contributed by atoms with Crippen LogP contribution in [-0.4, -0.2) is 29.3 Å². The first-order chi connectivity index (χ1) is 8.79. The van der Waals surface area contributed by atoms with Gasteiger partial charge in [-0.25, -0.2) is 0 Å². The molecule has 1 fully saturated rings. The van der Waals surface area contributed by atoms with E-state index in [0.717, 1.165) is 16.6 Å². The van der Waals surface area contributed by atoms with E-state index in [1.165, 1.54) is 12.8 Å². The molecule has 0 saturated heterocycles. The normalized spacial score (nSPS) is 15.0. The summed E-state index contributed by atoms with van der Waals surface area (Å²) in [7, 11) is 0. The number of aromatic nitrogens is 1. The number of aliphatic hydroxyl groups excluding tert-OH is 1. The molecule has 0 radical (unpaired) electrons. The van der Waals surface area contributed by atoms with Crippen molar-refractivity contribution >= 4 is 28.2 Å². The number of aliphatic hydroxyl groups is 1. The van der Waals surface area contributed by atoms with Crippen LogP contribution in [0.1, 0.15) is 12.8 Å². The van der Waals surface area contributed by atoms with Crippen LogP contribution in [0.15, 0.2) is 30.5 Å². The van der Waals surface area contributed by atoms with Gasteiger partial charge in [0.15, 0.2) is 0 Å². The van der Waals surface area contributed by atoms with Gasteiger partial charge in [-0.15, -0.1) is 0 Å². The van der Waals surface area contributed by atoms with Crippen molar-refractivity contribution in [3.05, 3.63) is 35.5 Å². The summed E-state index contributed by atoms with van der Waals surface area (Å²) in [5, 5.41) is 11.0. The summed E-state index contributed by atoms with van der Waals surface area (Å²) in [4.78, 5) is 6.63. The van der Waals surface area contributed by atoms with Crippen LogP contribution in [0, 0.1) is 0 Å². The minimum Gasteiger partial charge on any atom is -0.395 e. The van der Waals surface area contributed by atoms with Crippen LogP contribution in [0.5, 0.6) is 0 Å². The van der Waals surface area contributed by atoms with Crippen LogP contribution in [0.4, 0.5) is 5.69 Å². The van der Waals surface area contributed by atoms with Crippen molar-refractivity contribution in [3.63, 3.8) is 0 Å². The van der Waals surface area contributed by atoms with E-state index in [-0.39, 0.29) is 6.61 Å². The highest BCUT2D eigenvalue weighted by atomic mass is 35.5. The lowest BCUT2D eigenvalue weighted by atomic mass is 10.1. The third-order valence-electron chi connectivity index (χ3n) is 3.32. The number of rotatable bonds is 4. The van der Waals surface area contributed by atoms with Gasteiger partial charge in [-0.2, -0.15) is 0 Å². The number of pyridine rings is 1. The van der Waals surface area contributed by atoms with Crippen molar-refractivity contribution in [2.45, 2.75) is 18.9 Å². The van der Waals surface area contributed by atoms with Crippen molar-refractivity contribution in [2.75, 3.05) is 18.1 Å². The fourth-order valence-electron chi connectivity index (χ4n) is 2.35. The molecule has 0 bridgehead atoms. The third kappa shape index (κ3) is 2.16. The van der Waals surface area contributed by atoms with Crippen molar-refractivity contribution in [1.82, 2.24) is 4.98 Å². The Morgan fingerprint density at radius 1 is 1.33 bits per heavy atom. The fraction of sp³-hybridized carbons (Fsp3) is 0.357. The summed E-state index contributed by atoms with van der Waals surface area (Å²) >= 11 is 5.99. The van der Waals surface area contributed by atoms with E-state index < -0.39 is 0 Å². The average molecular weight is 263 g/mol. The highest BCUT2D eigenvalue weighted by Gasteiger charge is 2.29. The number of anilines is 1. The van der Waals surface area contributed by atoms with Gasteiger partial charge >= 0.3 is 0 Å². The lowest BCUT2D eigenvalue weighted by Crippen LogP contribution is -2.29. The molecule has 1 aromatic carbocycles. The van der Waals surface area contributed by atoms with E-state index in [0.29, 0.717) is 17.6 Å². The summed E-state index contributed by atoms with van der Waals surface area (Å²) in [6.45, 7) is 0.848. The first-order valence-electron chi connectivity index (χ1n) is 6.21. The maximum atomic E-state index is 9.21. The summed E-state index contributed by atoms with van der Waals surface area (Å²) in [6.07, 6.45) is 4.22. The Labute approximate surface area is 111 Å². The Kier molecular flexibility index (Phi) is 3.10. The average Bonchev–Trinajstić information content (AvgIpc) is 3.19. The minimum absolute atomic E-state index is 0.175. The molecule has 3 rings (SSSR count). The number of benzene rings is 1. The maximum absolute atomic E-state index is 9.21. The summed E-state index contributed by atoms with van der Waals surface area (Å²) < 4.78 is 0. The zero-order valence-corrected chi connectivity index (χ0v) is 10.8. The molecule has 2 aromatic rings. The van der Waals surface area contributed by atoms with E-state index in [2.05, 4.69) is 9.88 Å². The van der Waals surface area contributed by atoms with Crippen LogP contribution >= 0.6 is 11.6 Å². The van der Waals surface area contributed by atoms with E-state index in [4.69, 9.17) is 11.6 Å². The van der Waals surface area contributed by atoms with Gasteiger partial charge in [-0.05, 0) is 37.1 Å². The molecule has 1 aliphatic rings. The van der Waals surface area contributed by atoms with E-state index in [9.17, 15) is 5.11 Å². The number of hydrogen-bond acceptors (Lipinski definition) is 3. The van der Waals surface area contributed by atoms with E-state index in [1.807, 2.05) is 24.3 Å². The molecular weight excluding hydrogens is 248 g/mol. The lowest BCUT2D eigenvalue weighted by Gasteiger charge is -2.25. The topological polar surface area (TPSA) is 36.4 Å². The SMILES string of the molecule is OCCN(c1ccnc2cc(Cl)ccc12)C1CC1. The first kappa shape index (κ1) is 11.8. The van der Waals surface area contributed by atoms with Crippen molar-refractivity contribution in [1.29, 1.82) is 0 Å². The summed E-state index contributed by atoms with van der Waals surface area (Å²) in [6, 6.07) is 8.36. The van der Waals surface area contributed by atoms with Gasteiger partial charge in [0.2, 0.25) is 0 Å². The molecule has 1 aromatic heterocycles. The number of hydrogen-bond donors (Lipinski definition) is 1. The molecule has 1 N–H and O–H groups in total. The second-order valence-electron chi connectivity index (χ2n) is 4.64. The fourth-order valence-corrected chi connectivity index (χ4v) is 2.52. The van der Waals surface area contributed by atoms with Gasteiger partial charge in [0.25, 0.3) is 0 Å². The molecule has 0 amide bonds. The van der Waals surface area contributed by atoms with Crippen LogP contribution in [-0.2, 0) is 0 Å². The molecule has 1 saturated carbocycles. The molecular formula is C14H15ClN2O. The van der Waals surface area contributed by atoms with Crippen LogP contribution in [0.25, 0.3) is 10.9 Å². The quantitative estimate of drug-likeness (QED) is 0.921. The molecule has 1 heterocycles. The van der Waals surface area contributed by atoms with Gasteiger partial charge in [0.05, 0.1) is 12.1 Å². The summed E-state index contributed by atoms with van der Waals surface area (Å²) in [5.41, 5.74) is 2.05. The Bertz CT molecular complexity index is 569. The van der Waals surface area contributed by atoms with Crippen LogP contribution < -0.4 is 4.90 Å². The third-order valence-corrected chi connectivity index (χ3v) is 3.55. The van der Waals surface area contributed by atoms with Gasteiger partial charge in [-0.3, -0.25) is 4.98 Å². The smallest absolute Gasteiger partial charge is 0.0737 e. The highest BCUT2D eigenvalue weighted by Crippen LogP contribution is 2.35. The van der Waals surface area contributed by atoms with E-state index >= 15 is 0 Å². The monoisotopic (exact) mass is 262 g/mol. The van der Waals surface area contributed by atoms with Gasteiger partial charge in [0, 0.05) is 34.9 Å². The molecule has 18 heavy (non-hydrogen) atoms. The van der Waals surface area contributed by atoms with Gasteiger partial charge in [-0.1, -0.05) is 11.6 Å². The molecule has 0 unspecified atom stereocenters. The second kappa shape index (κ2) is 4.75. The number of nitrogens with zero attached hydrogens (tertiary/aromatic N) is 2. The zero-order chi connectivity index (χ0) is 12.5. The minimum atomic E-state index is 0.175. The predicted molar refractivity (Wildman–Crippen MR) is 74.2 cm³/mol. The molecule has 0 atom stereocenters. The Morgan fingerprint density at radius 2 is 2.17 bits per heavy atom. The number of fused-ring (bicyclic) bond motifs is 1. The van der Waals surface area contributed by atoms with E-state index in [1.54, 1.807) is 6.20 Å². The predicted octanol–water partition coefficient (Wildman–Crippen LogP) is 2.85. The molecule has 0 aliphatic heterocycles. The van der Waals surface area contributed by atoms with Crippen molar-refractivity contribution in [3.8, 4) is 0 Å². The Balaban J connectivity index is 2.09. The van der Waals surface area contributed by atoms with Crippen molar-refractivity contribution < 1.29 is 5.11 Å². The Morgan fingerprint density at radius 3 is 2.89 bits per heavy atom. The largest absolute Gasteiger partial charge is 0.395 e. The zero-order valence-electron chi connectivity index (χ0n) is 10.0. The summed E-state index contributed by atoms with van der Waals surface area (Å²) in [5.74, 6) is 0. The molecule has 3 nitrogen and oxygen atoms in total. The highest BCUT2D eigenvalue weighted by molar-refractivity contribution is 6.31. The molecule has 4 heteroatoms. The van der Waals surface area contributed by atoms with Crippen LogP contribution in [0.2, 0.25) is 5.02 Å². The van der Waals surface area contributed by atoms with Crippen LogP contribution in [0.3, 0.4) is 0 Å². The Hall–Kier alpha value is -1.32. The standard InChI is InChI=1S/C14H15ClN2O/c15-10-1-4-12-13(9-10)16-6-5-14(12)17(7-8-18)11-2-3-11/h1,4-6,9,11,18H,2-3,7-8H2. The van der Waals surface area contributed by atoms with Gasteiger partial charge in [0.1, 0.15) is 0 Å². The van der Waals surface area contributed by atoms with Crippen molar-refractivity contribution in [2.24, 2.45) is 0 Å². The lowest BCUT2D eigenvalue weighted by molar-refractivity contribution is 0.301. The van der Waals surface area contributed by atoms with Gasteiger partial charge < -0.3 is 10.0 Å². The first-order valence-corrected chi connectivity index (χ1v) is 6.59. The molecule has 94 valence electrons. The second-order valence-corrected chi connectivity index (χ2v) is 5.08.